The fourth-order valence-corrected chi connectivity index (χ4v) is 1.44. The van der Waals surface area contributed by atoms with E-state index >= 15 is 0 Å². The SMILES string of the molecule is Cc1ccc(CC(C)(C)C(C)C)cc1. The van der Waals surface area contributed by atoms with Gasteiger partial charge >= 0.3 is 0 Å². The number of aryl methyl sites for hydroxylation is 1. The minimum atomic E-state index is 0.398. The van der Waals surface area contributed by atoms with Crippen LogP contribution in [0.5, 0.6) is 0 Å². The predicted octanol–water partition coefficient (Wildman–Crippen LogP) is 4.22. The van der Waals surface area contributed by atoms with E-state index in [0.29, 0.717) is 5.41 Å². The third-order valence-electron chi connectivity index (χ3n) is 3.34. The molecule has 14 heavy (non-hydrogen) atoms. The normalized spacial score (nSPS) is 12.1. The first kappa shape index (κ1) is 11.3. The molecule has 0 aliphatic heterocycles. The fourth-order valence-electron chi connectivity index (χ4n) is 1.44. The highest BCUT2D eigenvalue weighted by molar-refractivity contribution is 5.22. The lowest BCUT2D eigenvalue weighted by atomic mass is 9.76. The van der Waals surface area contributed by atoms with Crippen molar-refractivity contribution in [2.75, 3.05) is 0 Å². The molecule has 0 atom stereocenters. The van der Waals surface area contributed by atoms with E-state index < -0.39 is 0 Å². The van der Waals surface area contributed by atoms with Gasteiger partial charge in [0.25, 0.3) is 0 Å². The summed E-state index contributed by atoms with van der Waals surface area (Å²) < 4.78 is 0. The van der Waals surface area contributed by atoms with Crippen LogP contribution in [-0.2, 0) is 6.42 Å². The Bertz CT molecular complexity index is 277. The molecule has 0 heteroatoms. The second-order valence-corrected chi connectivity index (χ2v) is 5.31. The predicted molar refractivity (Wildman–Crippen MR) is 63.5 cm³/mol. The van der Waals surface area contributed by atoms with Crippen molar-refractivity contribution in [3.63, 3.8) is 0 Å². The van der Waals surface area contributed by atoms with Gasteiger partial charge in [-0.3, -0.25) is 0 Å². The van der Waals surface area contributed by atoms with Crippen molar-refractivity contribution >= 4 is 0 Å². The molecule has 0 amide bonds. The van der Waals surface area contributed by atoms with Gasteiger partial charge in [-0.05, 0) is 30.2 Å². The van der Waals surface area contributed by atoms with Gasteiger partial charge in [-0.2, -0.15) is 0 Å². The molecule has 0 heterocycles. The van der Waals surface area contributed by atoms with Crippen LogP contribution in [0, 0.1) is 18.3 Å². The average molecular weight is 190 g/mol. The Balaban J connectivity index is 2.74. The first-order valence-electron chi connectivity index (χ1n) is 5.47. The highest BCUT2D eigenvalue weighted by Gasteiger charge is 2.22. The van der Waals surface area contributed by atoms with Gasteiger partial charge < -0.3 is 0 Å². The van der Waals surface area contributed by atoms with Crippen molar-refractivity contribution in [3.05, 3.63) is 35.4 Å². The third-order valence-corrected chi connectivity index (χ3v) is 3.34. The quantitative estimate of drug-likeness (QED) is 0.669. The molecule has 0 aromatic heterocycles. The maximum Gasteiger partial charge on any atom is -0.0225 e. The molecule has 1 aromatic carbocycles. The molecule has 0 fully saturated rings. The van der Waals surface area contributed by atoms with Gasteiger partial charge in [-0.15, -0.1) is 0 Å². The second kappa shape index (κ2) is 4.16. The molecule has 0 N–H and O–H groups in total. The summed E-state index contributed by atoms with van der Waals surface area (Å²) >= 11 is 0. The van der Waals surface area contributed by atoms with Gasteiger partial charge in [-0.1, -0.05) is 57.5 Å². The van der Waals surface area contributed by atoms with Crippen molar-refractivity contribution < 1.29 is 0 Å². The molecule has 0 aliphatic carbocycles. The first-order valence-corrected chi connectivity index (χ1v) is 5.47. The Morgan fingerprint density at radius 1 is 1.07 bits per heavy atom. The summed E-state index contributed by atoms with van der Waals surface area (Å²) in [5.74, 6) is 0.726. The van der Waals surface area contributed by atoms with E-state index in [1.54, 1.807) is 0 Å². The zero-order valence-electron chi connectivity index (χ0n) is 10.1. The van der Waals surface area contributed by atoms with E-state index in [2.05, 4.69) is 58.9 Å². The van der Waals surface area contributed by atoms with Crippen molar-refractivity contribution in [1.82, 2.24) is 0 Å². The van der Waals surface area contributed by atoms with E-state index in [1.165, 1.54) is 17.5 Å². The Morgan fingerprint density at radius 2 is 1.57 bits per heavy atom. The molecule has 0 unspecified atom stereocenters. The van der Waals surface area contributed by atoms with E-state index in [-0.39, 0.29) is 0 Å². The van der Waals surface area contributed by atoms with Crippen LogP contribution in [0.4, 0.5) is 0 Å². The number of benzene rings is 1. The van der Waals surface area contributed by atoms with Crippen LogP contribution in [0.2, 0.25) is 0 Å². The molecule has 0 spiro atoms. The monoisotopic (exact) mass is 190 g/mol. The summed E-state index contributed by atoms with van der Waals surface area (Å²) in [7, 11) is 0. The van der Waals surface area contributed by atoms with Gasteiger partial charge in [0.1, 0.15) is 0 Å². The van der Waals surface area contributed by atoms with Crippen LogP contribution < -0.4 is 0 Å². The minimum absolute atomic E-state index is 0.398. The van der Waals surface area contributed by atoms with Gasteiger partial charge in [0.05, 0.1) is 0 Å². The Morgan fingerprint density at radius 3 is 2.00 bits per heavy atom. The molecule has 0 saturated heterocycles. The molecular weight excluding hydrogens is 168 g/mol. The van der Waals surface area contributed by atoms with Crippen molar-refractivity contribution in [2.24, 2.45) is 11.3 Å². The number of hydrogen-bond donors (Lipinski definition) is 0. The van der Waals surface area contributed by atoms with Gasteiger partial charge in [0.15, 0.2) is 0 Å². The summed E-state index contributed by atoms with van der Waals surface area (Å²) in [5, 5.41) is 0. The average Bonchev–Trinajstić information content (AvgIpc) is 2.08. The van der Waals surface area contributed by atoms with Crippen LogP contribution in [0.1, 0.15) is 38.8 Å². The maximum atomic E-state index is 2.34. The lowest BCUT2D eigenvalue weighted by Gasteiger charge is -2.29. The first-order chi connectivity index (χ1) is 6.42. The maximum absolute atomic E-state index is 2.34. The Kier molecular flexibility index (Phi) is 3.36. The minimum Gasteiger partial charge on any atom is -0.0623 e. The lowest BCUT2D eigenvalue weighted by molar-refractivity contribution is 0.248. The molecule has 0 radical (unpaired) electrons. The molecule has 0 saturated carbocycles. The van der Waals surface area contributed by atoms with Gasteiger partial charge in [-0.25, -0.2) is 0 Å². The van der Waals surface area contributed by atoms with Crippen LogP contribution in [-0.4, -0.2) is 0 Å². The standard InChI is InChI=1S/C14H22/c1-11(2)14(4,5)10-13-8-6-12(3)7-9-13/h6-9,11H,10H2,1-5H3. The van der Waals surface area contributed by atoms with Crippen LogP contribution in [0.3, 0.4) is 0 Å². The topological polar surface area (TPSA) is 0 Å². The van der Waals surface area contributed by atoms with Crippen molar-refractivity contribution in [2.45, 2.75) is 41.0 Å². The molecule has 0 bridgehead atoms. The molecule has 1 rings (SSSR count). The third kappa shape index (κ3) is 2.87. The smallest absolute Gasteiger partial charge is 0.0225 e. The summed E-state index contributed by atoms with van der Waals surface area (Å²) in [6.07, 6.45) is 1.17. The number of hydrogen-bond acceptors (Lipinski definition) is 0. The molecule has 78 valence electrons. The summed E-state index contributed by atoms with van der Waals surface area (Å²) in [4.78, 5) is 0. The lowest BCUT2D eigenvalue weighted by Crippen LogP contribution is -2.21. The van der Waals surface area contributed by atoms with E-state index in [9.17, 15) is 0 Å². The van der Waals surface area contributed by atoms with E-state index in [0.717, 1.165) is 5.92 Å². The largest absolute Gasteiger partial charge is 0.0623 e. The van der Waals surface area contributed by atoms with Crippen LogP contribution in [0.25, 0.3) is 0 Å². The molecule has 0 aliphatic rings. The number of rotatable bonds is 3. The van der Waals surface area contributed by atoms with Crippen LogP contribution >= 0.6 is 0 Å². The molecular formula is C14H22. The van der Waals surface area contributed by atoms with Crippen molar-refractivity contribution in [3.8, 4) is 0 Å². The molecule has 0 nitrogen and oxygen atoms in total. The highest BCUT2D eigenvalue weighted by Crippen LogP contribution is 2.30. The zero-order valence-corrected chi connectivity index (χ0v) is 10.1. The van der Waals surface area contributed by atoms with Crippen molar-refractivity contribution in [1.29, 1.82) is 0 Å². The highest BCUT2D eigenvalue weighted by atomic mass is 14.3. The van der Waals surface area contributed by atoms with Crippen LogP contribution in [0.15, 0.2) is 24.3 Å². The fraction of sp³-hybridized carbons (Fsp3) is 0.571. The molecule has 1 aromatic rings. The van der Waals surface area contributed by atoms with E-state index in [4.69, 9.17) is 0 Å². The summed E-state index contributed by atoms with van der Waals surface area (Å²) in [6, 6.07) is 8.90. The van der Waals surface area contributed by atoms with Gasteiger partial charge in [0.2, 0.25) is 0 Å². The Hall–Kier alpha value is -0.780. The summed E-state index contributed by atoms with van der Waals surface area (Å²) in [6.45, 7) is 11.4. The van der Waals surface area contributed by atoms with Gasteiger partial charge in [0, 0.05) is 0 Å². The second-order valence-electron chi connectivity index (χ2n) is 5.31. The zero-order chi connectivity index (χ0) is 10.8. The summed E-state index contributed by atoms with van der Waals surface area (Å²) in [5.41, 5.74) is 3.19. The Labute approximate surface area is 88.4 Å². The van der Waals surface area contributed by atoms with E-state index in [1.807, 2.05) is 0 Å².